The fourth-order valence-electron chi connectivity index (χ4n) is 3.89. The standard InChI is InChI=1S/C23H27ClN2O2/c1-15(2)25-16(3)8-7-13-26-21(17-9-5-4-6-10-17)20-14-18(24)11-12-19(20)22(26)23(27)28/h4-6,9-12,14-16,25H,7-8,13H2,1-3H3,(H,27,28). The van der Waals surface area contributed by atoms with Crippen LogP contribution in [0.4, 0.5) is 0 Å². The summed E-state index contributed by atoms with van der Waals surface area (Å²) >= 11 is 6.25. The minimum Gasteiger partial charge on any atom is -0.477 e. The maximum Gasteiger partial charge on any atom is 0.353 e. The number of carboxylic acid groups (broad SMARTS) is 1. The minimum absolute atomic E-state index is 0.329. The van der Waals surface area contributed by atoms with Gasteiger partial charge in [0.15, 0.2) is 0 Å². The molecule has 0 saturated heterocycles. The predicted molar refractivity (Wildman–Crippen MR) is 116 cm³/mol. The average molecular weight is 399 g/mol. The first-order chi connectivity index (χ1) is 13.4. The van der Waals surface area contributed by atoms with E-state index in [-0.39, 0.29) is 0 Å². The summed E-state index contributed by atoms with van der Waals surface area (Å²) in [6.45, 7) is 7.08. The third kappa shape index (κ3) is 4.40. The molecule has 0 bridgehead atoms. The van der Waals surface area contributed by atoms with Crippen LogP contribution in [0.5, 0.6) is 0 Å². The van der Waals surface area contributed by atoms with Gasteiger partial charge in [0.25, 0.3) is 0 Å². The minimum atomic E-state index is -0.914. The summed E-state index contributed by atoms with van der Waals surface area (Å²) in [5, 5.41) is 15.7. The van der Waals surface area contributed by atoms with Gasteiger partial charge in [-0.3, -0.25) is 0 Å². The van der Waals surface area contributed by atoms with Crippen LogP contribution in [0.3, 0.4) is 0 Å². The Morgan fingerprint density at radius 3 is 2.46 bits per heavy atom. The molecule has 3 aromatic rings. The summed E-state index contributed by atoms with van der Waals surface area (Å²) in [6.07, 6.45) is 1.86. The van der Waals surface area contributed by atoms with Gasteiger partial charge in [0.1, 0.15) is 5.69 Å². The fourth-order valence-corrected chi connectivity index (χ4v) is 4.06. The molecule has 1 heterocycles. The molecule has 1 unspecified atom stereocenters. The van der Waals surface area contributed by atoms with E-state index in [9.17, 15) is 9.90 Å². The summed E-state index contributed by atoms with van der Waals surface area (Å²) in [5.41, 5.74) is 2.24. The largest absolute Gasteiger partial charge is 0.477 e. The van der Waals surface area contributed by atoms with Gasteiger partial charge in [-0.15, -0.1) is 0 Å². The molecule has 4 nitrogen and oxygen atoms in total. The van der Waals surface area contributed by atoms with Crippen molar-refractivity contribution in [2.24, 2.45) is 0 Å². The van der Waals surface area contributed by atoms with Crippen molar-refractivity contribution in [3.63, 3.8) is 0 Å². The van der Waals surface area contributed by atoms with Crippen LogP contribution in [0.2, 0.25) is 5.02 Å². The van der Waals surface area contributed by atoms with Gasteiger partial charge in [0.05, 0.1) is 5.69 Å². The van der Waals surface area contributed by atoms with Crippen LogP contribution in [0.15, 0.2) is 48.5 Å². The highest BCUT2D eigenvalue weighted by Gasteiger charge is 2.22. The van der Waals surface area contributed by atoms with Crippen molar-refractivity contribution in [3.05, 3.63) is 59.2 Å². The molecule has 1 aromatic heterocycles. The van der Waals surface area contributed by atoms with E-state index < -0.39 is 5.97 Å². The van der Waals surface area contributed by atoms with Crippen LogP contribution >= 0.6 is 11.6 Å². The lowest BCUT2D eigenvalue weighted by atomic mass is 10.1. The summed E-state index contributed by atoms with van der Waals surface area (Å²) in [5.74, 6) is -0.914. The SMILES string of the molecule is CC(C)NC(C)CCCn1c(C(=O)O)c2ccc(Cl)cc2c1-c1ccccc1. The van der Waals surface area contributed by atoms with Gasteiger partial charge < -0.3 is 15.0 Å². The van der Waals surface area contributed by atoms with E-state index in [0.29, 0.717) is 29.3 Å². The first-order valence-electron chi connectivity index (χ1n) is 9.75. The topological polar surface area (TPSA) is 54.3 Å². The molecule has 0 aliphatic carbocycles. The van der Waals surface area contributed by atoms with E-state index in [0.717, 1.165) is 34.9 Å². The number of carboxylic acids is 1. The third-order valence-corrected chi connectivity index (χ3v) is 5.15. The molecule has 2 aromatic carbocycles. The van der Waals surface area contributed by atoms with Crippen LogP contribution in [0.1, 0.15) is 44.1 Å². The predicted octanol–water partition coefficient (Wildman–Crippen LogP) is 5.83. The maximum absolute atomic E-state index is 12.1. The second-order valence-corrected chi connectivity index (χ2v) is 8.01. The zero-order chi connectivity index (χ0) is 20.3. The molecular formula is C23H27ClN2O2. The molecule has 3 rings (SSSR count). The first kappa shape index (κ1) is 20.4. The Kier molecular flexibility index (Phi) is 6.42. The first-order valence-corrected chi connectivity index (χ1v) is 10.1. The van der Waals surface area contributed by atoms with Gasteiger partial charge in [0.2, 0.25) is 0 Å². The second-order valence-electron chi connectivity index (χ2n) is 7.57. The zero-order valence-electron chi connectivity index (χ0n) is 16.6. The van der Waals surface area contributed by atoms with Crippen molar-refractivity contribution < 1.29 is 9.90 Å². The third-order valence-electron chi connectivity index (χ3n) is 4.92. The highest BCUT2D eigenvalue weighted by Crippen LogP contribution is 2.36. The molecule has 0 spiro atoms. The number of nitrogens with one attached hydrogen (secondary N) is 1. The number of hydrogen-bond acceptors (Lipinski definition) is 2. The molecule has 0 radical (unpaired) electrons. The molecule has 5 heteroatoms. The summed E-state index contributed by atoms with van der Waals surface area (Å²) in [7, 11) is 0. The molecule has 2 N–H and O–H groups in total. The van der Waals surface area contributed by atoms with Gasteiger partial charge in [-0.05, 0) is 37.5 Å². The van der Waals surface area contributed by atoms with Gasteiger partial charge in [-0.1, -0.05) is 61.8 Å². The van der Waals surface area contributed by atoms with Crippen molar-refractivity contribution in [2.45, 2.75) is 52.2 Å². The van der Waals surface area contributed by atoms with Crippen LogP contribution in [0.25, 0.3) is 22.0 Å². The molecule has 0 aliphatic rings. The van der Waals surface area contributed by atoms with E-state index in [4.69, 9.17) is 11.6 Å². The van der Waals surface area contributed by atoms with E-state index in [1.165, 1.54) is 0 Å². The highest BCUT2D eigenvalue weighted by molar-refractivity contribution is 6.31. The number of carbonyl (C=O) groups is 1. The molecule has 0 aliphatic heterocycles. The normalized spacial score (nSPS) is 12.6. The van der Waals surface area contributed by atoms with Crippen molar-refractivity contribution in [2.75, 3.05) is 0 Å². The van der Waals surface area contributed by atoms with Gasteiger partial charge >= 0.3 is 5.97 Å². The lowest BCUT2D eigenvalue weighted by Crippen LogP contribution is -2.32. The number of benzene rings is 2. The Morgan fingerprint density at radius 2 is 1.82 bits per heavy atom. The number of aromatic nitrogens is 1. The van der Waals surface area contributed by atoms with E-state index in [2.05, 4.69) is 26.1 Å². The molecule has 0 amide bonds. The zero-order valence-corrected chi connectivity index (χ0v) is 17.3. The molecule has 1 atom stereocenters. The average Bonchev–Trinajstić information content (AvgIpc) is 2.95. The molecule has 0 fully saturated rings. The number of hydrogen-bond donors (Lipinski definition) is 2. The van der Waals surface area contributed by atoms with Crippen molar-refractivity contribution >= 4 is 28.3 Å². The molecule has 28 heavy (non-hydrogen) atoms. The Labute approximate surface area is 171 Å². The smallest absolute Gasteiger partial charge is 0.353 e. The van der Waals surface area contributed by atoms with Crippen LogP contribution < -0.4 is 5.32 Å². The Morgan fingerprint density at radius 1 is 1.11 bits per heavy atom. The highest BCUT2D eigenvalue weighted by atomic mass is 35.5. The van der Waals surface area contributed by atoms with Gasteiger partial charge in [0, 0.05) is 34.4 Å². The lowest BCUT2D eigenvalue weighted by Gasteiger charge is -2.18. The van der Waals surface area contributed by atoms with Crippen molar-refractivity contribution in [1.82, 2.24) is 9.88 Å². The molecule has 148 valence electrons. The van der Waals surface area contributed by atoms with Gasteiger partial charge in [-0.25, -0.2) is 4.79 Å². The Balaban J connectivity index is 2.06. The number of fused-ring (bicyclic) bond motifs is 1. The fraction of sp³-hybridized carbons (Fsp3) is 0.348. The molecule has 0 saturated carbocycles. The number of rotatable bonds is 8. The van der Waals surface area contributed by atoms with E-state index >= 15 is 0 Å². The van der Waals surface area contributed by atoms with Crippen molar-refractivity contribution in [3.8, 4) is 11.3 Å². The van der Waals surface area contributed by atoms with Crippen LogP contribution in [-0.4, -0.2) is 27.7 Å². The number of nitrogens with zero attached hydrogens (tertiary/aromatic N) is 1. The monoisotopic (exact) mass is 398 g/mol. The lowest BCUT2D eigenvalue weighted by molar-refractivity contribution is 0.0687. The van der Waals surface area contributed by atoms with Crippen LogP contribution in [-0.2, 0) is 6.54 Å². The second kappa shape index (κ2) is 8.80. The maximum atomic E-state index is 12.1. The number of aromatic carboxylic acids is 1. The molecular weight excluding hydrogens is 372 g/mol. The Bertz CT molecular complexity index is 964. The quantitative estimate of drug-likeness (QED) is 0.502. The van der Waals surface area contributed by atoms with Crippen LogP contribution in [0, 0.1) is 0 Å². The van der Waals surface area contributed by atoms with E-state index in [1.54, 1.807) is 6.07 Å². The number of halogens is 1. The summed E-state index contributed by atoms with van der Waals surface area (Å²) in [4.78, 5) is 12.1. The van der Waals surface area contributed by atoms with Gasteiger partial charge in [-0.2, -0.15) is 0 Å². The summed E-state index contributed by atoms with van der Waals surface area (Å²) in [6, 6.07) is 16.2. The summed E-state index contributed by atoms with van der Waals surface area (Å²) < 4.78 is 1.95. The Hall–Kier alpha value is -2.30. The van der Waals surface area contributed by atoms with Crippen molar-refractivity contribution in [1.29, 1.82) is 0 Å². The van der Waals surface area contributed by atoms with E-state index in [1.807, 2.05) is 47.0 Å².